The predicted molar refractivity (Wildman–Crippen MR) is 84.7 cm³/mol. The molecule has 0 aromatic carbocycles. The third-order valence-electron chi connectivity index (χ3n) is 4.43. The average Bonchev–Trinajstić information content (AvgIpc) is 2.19. The van der Waals surface area contributed by atoms with Gasteiger partial charge in [-0.25, -0.2) is 0 Å². The number of hydrogen-bond donors (Lipinski definition) is 0. The molecule has 0 heterocycles. The van der Waals surface area contributed by atoms with E-state index in [4.69, 9.17) is 6.92 Å². The van der Waals surface area contributed by atoms with Gasteiger partial charge in [-0.05, 0) is 42.4 Å². The molecule has 0 bridgehead atoms. The van der Waals surface area contributed by atoms with Crippen LogP contribution in [0.3, 0.4) is 0 Å². The molecule has 0 aromatic heterocycles. The maximum absolute atomic E-state index is 4.70. The summed E-state index contributed by atoms with van der Waals surface area (Å²) in [7, 11) is 0. The SMILES string of the molecule is [CH2]C(CCCC)(CCCC)C(C)(C)CC(C)(C)C. The topological polar surface area (TPSA) is 0 Å². The van der Waals surface area contributed by atoms with E-state index in [1.165, 1.54) is 44.9 Å². The fourth-order valence-corrected chi connectivity index (χ4v) is 3.35. The van der Waals surface area contributed by atoms with Crippen LogP contribution >= 0.6 is 0 Å². The van der Waals surface area contributed by atoms with Gasteiger partial charge < -0.3 is 0 Å². The van der Waals surface area contributed by atoms with Crippen molar-refractivity contribution in [1.82, 2.24) is 0 Å². The monoisotopic (exact) mass is 253 g/mol. The van der Waals surface area contributed by atoms with Gasteiger partial charge >= 0.3 is 0 Å². The van der Waals surface area contributed by atoms with E-state index in [0.29, 0.717) is 10.8 Å². The van der Waals surface area contributed by atoms with E-state index in [1.54, 1.807) is 0 Å². The summed E-state index contributed by atoms with van der Waals surface area (Å²) in [4.78, 5) is 0. The quantitative estimate of drug-likeness (QED) is 0.454. The summed E-state index contributed by atoms with van der Waals surface area (Å²) >= 11 is 0. The Morgan fingerprint density at radius 2 is 1.17 bits per heavy atom. The summed E-state index contributed by atoms with van der Waals surface area (Å²) in [6.07, 6.45) is 9.04. The molecule has 1 radical (unpaired) electrons. The Hall–Kier alpha value is 0. The van der Waals surface area contributed by atoms with Gasteiger partial charge in [0.05, 0.1) is 0 Å². The first-order valence-electron chi connectivity index (χ1n) is 7.93. The molecule has 109 valence electrons. The lowest BCUT2D eigenvalue weighted by atomic mass is 9.57. The van der Waals surface area contributed by atoms with Gasteiger partial charge in [0.25, 0.3) is 0 Å². The Morgan fingerprint density at radius 1 is 0.778 bits per heavy atom. The van der Waals surface area contributed by atoms with Crippen LogP contribution in [0.2, 0.25) is 0 Å². The first-order valence-corrected chi connectivity index (χ1v) is 7.93. The highest BCUT2D eigenvalue weighted by Crippen LogP contribution is 2.51. The third kappa shape index (κ3) is 5.76. The molecule has 0 aliphatic rings. The maximum Gasteiger partial charge on any atom is -0.0246 e. The van der Waals surface area contributed by atoms with Crippen molar-refractivity contribution in [3.8, 4) is 0 Å². The van der Waals surface area contributed by atoms with Crippen LogP contribution in [0.5, 0.6) is 0 Å². The van der Waals surface area contributed by atoms with E-state index in [9.17, 15) is 0 Å². The molecule has 0 nitrogen and oxygen atoms in total. The lowest BCUT2D eigenvalue weighted by Crippen LogP contribution is -2.38. The second kappa shape index (κ2) is 6.96. The highest BCUT2D eigenvalue weighted by atomic mass is 14.5. The van der Waals surface area contributed by atoms with Crippen molar-refractivity contribution in [3.63, 3.8) is 0 Å². The maximum atomic E-state index is 4.70. The van der Waals surface area contributed by atoms with E-state index in [-0.39, 0.29) is 5.41 Å². The van der Waals surface area contributed by atoms with Gasteiger partial charge in [0.2, 0.25) is 0 Å². The molecular formula is C18H37. The highest BCUT2D eigenvalue weighted by molar-refractivity contribution is 4.96. The third-order valence-corrected chi connectivity index (χ3v) is 4.43. The molecule has 0 heteroatoms. The minimum absolute atomic E-state index is 0.256. The van der Waals surface area contributed by atoms with Gasteiger partial charge in [0, 0.05) is 0 Å². The Kier molecular flexibility index (Phi) is 6.96. The second-order valence-corrected chi connectivity index (χ2v) is 8.11. The Labute approximate surface area is 117 Å². The fraction of sp³-hybridized carbons (Fsp3) is 0.944. The van der Waals surface area contributed by atoms with E-state index >= 15 is 0 Å². The molecule has 0 saturated heterocycles. The van der Waals surface area contributed by atoms with Gasteiger partial charge in [-0.3, -0.25) is 0 Å². The zero-order chi connectivity index (χ0) is 14.4. The van der Waals surface area contributed by atoms with Crippen LogP contribution in [0.4, 0.5) is 0 Å². The molecule has 0 aromatic rings. The lowest BCUT2D eigenvalue weighted by molar-refractivity contribution is 0.0459. The van der Waals surface area contributed by atoms with Crippen molar-refractivity contribution in [2.45, 2.75) is 93.4 Å². The molecule has 0 unspecified atom stereocenters. The molecule has 0 amide bonds. The molecule has 0 spiro atoms. The second-order valence-electron chi connectivity index (χ2n) is 8.11. The van der Waals surface area contributed by atoms with Gasteiger partial charge in [-0.1, -0.05) is 74.1 Å². The fourth-order valence-electron chi connectivity index (χ4n) is 3.35. The molecule has 0 N–H and O–H groups in total. The summed E-state index contributed by atoms with van der Waals surface area (Å²) in [5.41, 5.74) is 0.979. The highest BCUT2D eigenvalue weighted by Gasteiger charge is 2.41. The van der Waals surface area contributed by atoms with Crippen LogP contribution in [0.15, 0.2) is 0 Å². The predicted octanol–water partition coefficient (Wildman–Crippen LogP) is 6.65. The van der Waals surface area contributed by atoms with Crippen LogP contribution in [-0.4, -0.2) is 0 Å². The molecule has 0 fully saturated rings. The van der Waals surface area contributed by atoms with Crippen LogP contribution in [-0.2, 0) is 0 Å². The molecule has 0 aliphatic carbocycles. The largest absolute Gasteiger partial charge is 0.0654 e. The van der Waals surface area contributed by atoms with Crippen molar-refractivity contribution in [2.24, 2.45) is 16.2 Å². The van der Waals surface area contributed by atoms with Gasteiger partial charge in [0.15, 0.2) is 0 Å². The van der Waals surface area contributed by atoms with E-state index < -0.39 is 0 Å². The van der Waals surface area contributed by atoms with Crippen molar-refractivity contribution in [3.05, 3.63) is 6.92 Å². The van der Waals surface area contributed by atoms with E-state index in [0.717, 1.165) is 0 Å². The van der Waals surface area contributed by atoms with Crippen molar-refractivity contribution < 1.29 is 0 Å². The molecule has 0 aliphatic heterocycles. The van der Waals surface area contributed by atoms with Crippen LogP contribution in [0, 0.1) is 23.2 Å². The van der Waals surface area contributed by atoms with Gasteiger partial charge in [0.1, 0.15) is 0 Å². The summed E-state index contributed by atoms with van der Waals surface area (Å²) < 4.78 is 0. The molecular weight excluding hydrogens is 216 g/mol. The number of rotatable bonds is 8. The number of hydrogen-bond acceptors (Lipinski definition) is 0. The van der Waals surface area contributed by atoms with E-state index in [1.807, 2.05) is 0 Å². The van der Waals surface area contributed by atoms with Gasteiger partial charge in [-0.15, -0.1) is 0 Å². The summed E-state index contributed by atoms with van der Waals surface area (Å²) in [5.74, 6) is 0. The first-order chi connectivity index (χ1) is 8.08. The summed E-state index contributed by atoms with van der Waals surface area (Å²) in [5, 5.41) is 0. The van der Waals surface area contributed by atoms with Crippen LogP contribution in [0.1, 0.15) is 93.4 Å². The zero-order valence-corrected chi connectivity index (χ0v) is 14.2. The van der Waals surface area contributed by atoms with Crippen molar-refractivity contribution in [2.75, 3.05) is 0 Å². The molecule has 0 saturated carbocycles. The zero-order valence-electron chi connectivity index (χ0n) is 14.2. The van der Waals surface area contributed by atoms with Crippen LogP contribution in [0.25, 0.3) is 0 Å². The smallest absolute Gasteiger partial charge is 0.0246 e. The van der Waals surface area contributed by atoms with Crippen LogP contribution < -0.4 is 0 Å². The molecule has 18 heavy (non-hydrogen) atoms. The minimum Gasteiger partial charge on any atom is -0.0654 e. The molecule has 0 rings (SSSR count). The average molecular weight is 253 g/mol. The minimum atomic E-state index is 0.256. The molecule has 0 atom stereocenters. The Balaban J connectivity index is 4.90. The number of unbranched alkanes of at least 4 members (excludes halogenated alkanes) is 2. The first kappa shape index (κ1) is 18.0. The lowest BCUT2D eigenvalue weighted by Gasteiger charge is -2.48. The Bertz CT molecular complexity index is 209. The van der Waals surface area contributed by atoms with Crippen molar-refractivity contribution in [1.29, 1.82) is 0 Å². The van der Waals surface area contributed by atoms with E-state index in [2.05, 4.69) is 48.5 Å². The Morgan fingerprint density at radius 3 is 1.44 bits per heavy atom. The summed E-state index contributed by atoms with van der Waals surface area (Å²) in [6, 6.07) is 0. The standard InChI is InChI=1S/C18H37/c1-9-11-13-18(8,14-12-10-2)17(6,7)15-16(3,4)5/h8-15H2,1-7H3. The van der Waals surface area contributed by atoms with Crippen molar-refractivity contribution >= 4 is 0 Å². The normalized spacial score (nSPS) is 14.0. The summed E-state index contributed by atoms with van der Waals surface area (Å²) in [6.45, 7) is 21.2. The van der Waals surface area contributed by atoms with Gasteiger partial charge in [-0.2, -0.15) is 0 Å².